The first-order valence-corrected chi connectivity index (χ1v) is 5.77. The largest absolute Gasteiger partial charge is 0.390 e. The Morgan fingerprint density at radius 2 is 2.31 bits per heavy atom. The first-order chi connectivity index (χ1) is 7.39. The Bertz CT molecular complexity index is 400. The van der Waals surface area contributed by atoms with E-state index in [0.29, 0.717) is 5.92 Å². The topological polar surface area (TPSA) is 38.0 Å². The van der Waals surface area contributed by atoms with Crippen LogP contribution in [-0.2, 0) is 13.0 Å². The number of imidazole rings is 1. The van der Waals surface area contributed by atoms with E-state index >= 15 is 0 Å². The van der Waals surface area contributed by atoms with Crippen LogP contribution >= 0.6 is 0 Å². The molecule has 3 heteroatoms. The van der Waals surface area contributed by atoms with Crippen molar-refractivity contribution < 1.29 is 5.11 Å². The monoisotopic (exact) mass is 220 g/mol. The molecule has 0 fully saturated rings. The fourth-order valence-corrected chi connectivity index (χ4v) is 2.61. The maximum Gasteiger partial charge on any atom is 0.109 e. The molecule has 0 saturated carbocycles. The van der Waals surface area contributed by atoms with Crippen LogP contribution in [0.3, 0.4) is 0 Å². The molecule has 0 aromatic carbocycles. The zero-order chi connectivity index (χ0) is 11.9. The Balaban J connectivity index is 2.34. The van der Waals surface area contributed by atoms with Crippen molar-refractivity contribution in [1.82, 2.24) is 9.55 Å². The van der Waals surface area contributed by atoms with E-state index in [2.05, 4.69) is 16.1 Å². The van der Waals surface area contributed by atoms with E-state index in [-0.39, 0.29) is 5.92 Å². The van der Waals surface area contributed by atoms with Gasteiger partial charge in [0.25, 0.3) is 0 Å². The average Bonchev–Trinajstić information content (AvgIpc) is 2.60. The highest BCUT2D eigenvalue weighted by Crippen LogP contribution is 2.36. The fourth-order valence-electron chi connectivity index (χ4n) is 2.61. The zero-order valence-electron chi connectivity index (χ0n) is 10.3. The van der Waals surface area contributed by atoms with E-state index in [9.17, 15) is 5.11 Å². The van der Waals surface area contributed by atoms with Gasteiger partial charge in [-0.05, 0) is 26.7 Å². The predicted molar refractivity (Wildman–Crippen MR) is 64.0 cm³/mol. The van der Waals surface area contributed by atoms with Crippen molar-refractivity contribution in [1.29, 1.82) is 0 Å². The molecule has 0 bridgehead atoms. The van der Waals surface area contributed by atoms with Gasteiger partial charge < -0.3 is 9.67 Å². The fraction of sp³-hybridized carbons (Fsp3) is 0.615. The highest BCUT2D eigenvalue weighted by molar-refractivity contribution is 5.11. The number of allylic oxidation sites excluding steroid dienone is 1. The van der Waals surface area contributed by atoms with Crippen LogP contribution in [0.15, 0.2) is 24.5 Å². The minimum absolute atomic E-state index is 0.215. The maximum atomic E-state index is 10.2. The molecule has 0 radical (unpaired) electrons. The summed E-state index contributed by atoms with van der Waals surface area (Å²) in [6.07, 6.45) is 4.71. The van der Waals surface area contributed by atoms with Gasteiger partial charge in [-0.25, -0.2) is 4.98 Å². The summed E-state index contributed by atoms with van der Waals surface area (Å²) in [6, 6.07) is 0. The Morgan fingerprint density at radius 3 is 2.88 bits per heavy atom. The first kappa shape index (κ1) is 11.4. The summed E-state index contributed by atoms with van der Waals surface area (Å²) in [5, 5.41) is 10.2. The first-order valence-electron chi connectivity index (χ1n) is 5.77. The van der Waals surface area contributed by atoms with Crippen LogP contribution in [0.4, 0.5) is 0 Å². The van der Waals surface area contributed by atoms with Gasteiger partial charge in [-0.2, -0.15) is 0 Å². The molecule has 16 heavy (non-hydrogen) atoms. The SMILES string of the molecule is C=C(C)C1Cc2nccn2CC1C(C)(C)O. The molecule has 2 atom stereocenters. The number of aromatic nitrogens is 2. The minimum atomic E-state index is -0.675. The van der Waals surface area contributed by atoms with Crippen molar-refractivity contribution in [3.05, 3.63) is 30.4 Å². The van der Waals surface area contributed by atoms with Crippen molar-refractivity contribution in [2.45, 2.75) is 39.3 Å². The molecule has 3 nitrogen and oxygen atoms in total. The van der Waals surface area contributed by atoms with Crippen LogP contribution < -0.4 is 0 Å². The van der Waals surface area contributed by atoms with Crippen LogP contribution in [-0.4, -0.2) is 20.3 Å². The molecule has 0 spiro atoms. The summed E-state index contributed by atoms with van der Waals surface area (Å²) in [6.45, 7) is 10.7. The molecule has 2 heterocycles. The lowest BCUT2D eigenvalue weighted by Crippen LogP contribution is -2.43. The number of rotatable bonds is 2. The lowest BCUT2D eigenvalue weighted by molar-refractivity contribution is -0.0184. The Hall–Kier alpha value is -1.09. The van der Waals surface area contributed by atoms with Crippen molar-refractivity contribution >= 4 is 0 Å². The van der Waals surface area contributed by atoms with Crippen molar-refractivity contribution in [2.24, 2.45) is 11.8 Å². The van der Waals surface area contributed by atoms with Gasteiger partial charge in [0.1, 0.15) is 5.82 Å². The Labute approximate surface area is 96.8 Å². The zero-order valence-corrected chi connectivity index (χ0v) is 10.3. The summed E-state index contributed by atoms with van der Waals surface area (Å²) >= 11 is 0. The second-order valence-electron chi connectivity index (χ2n) is 5.41. The summed E-state index contributed by atoms with van der Waals surface area (Å²) in [5.74, 6) is 1.65. The van der Waals surface area contributed by atoms with Gasteiger partial charge in [0, 0.05) is 31.3 Å². The van der Waals surface area contributed by atoms with E-state index in [1.807, 2.05) is 33.2 Å². The van der Waals surface area contributed by atoms with Crippen molar-refractivity contribution in [3.63, 3.8) is 0 Å². The minimum Gasteiger partial charge on any atom is -0.390 e. The molecular formula is C13H20N2O. The third-order valence-electron chi connectivity index (χ3n) is 3.62. The van der Waals surface area contributed by atoms with Gasteiger partial charge >= 0.3 is 0 Å². The van der Waals surface area contributed by atoms with E-state index in [0.717, 1.165) is 24.4 Å². The summed E-state index contributed by atoms with van der Waals surface area (Å²) in [4.78, 5) is 4.35. The number of fused-ring (bicyclic) bond motifs is 1. The molecule has 0 amide bonds. The highest BCUT2D eigenvalue weighted by atomic mass is 16.3. The van der Waals surface area contributed by atoms with E-state index in [4.69, 9.17) is 0 Å². The standard InChI is InChI=1S/C13H20N2O/c1-9(2)10-7-12-14-5-6-15(12)8-11(10)13(3,4)16/h5-6,10-11,16H,1,7-8H2,2-4H3. The Morgan fingerprint density at radius 1 is 1.62 bits per heavy atom. The maximum absolute atomic E-state index is 10.2. The third kappa shape index (κ3) is 1.92. The average molecular weight is 220 g/mol. The summed E-state index contributed by atoms with van der Waals surface area (Å²) in [7, 11) is 0. The summed E-state index contributed by atoms with van der Waals surface area (Å²) in [5.41, 5.74) is 0.465. The molecule has 2 unspecified atom stereocenters. The second kappa shape index (κ2) is 3.74. The van der Waals surface area contributed by atoms with Gasteiger partial charge in [0.2, 0.25) is 0 Å². The molecule has 88 valence electrons. The van der Waals surface area contributed by atoms with Crippen LogP contribution in [0, 0.1) is 11.8 Å². The quantitative estimate of drug-likeness (QED) is 0.774. The van der Waals surface area contributed by atoms with Crippen molar-refractivity contribution in [2.75, 3.05) is 0 Å². The van der Waals surface area contributed by atoms with E-state index in [1.54, 1.807) is 0 Å². The molecule has 0 saturated heterocycles. The van der Waals surface area contributed by atoms with Gasteiger partial charge in [0.05, 0.1) is 5.60 Å². The van der Waals surface area contributed by atoms with Crippen molar-refractivity contribution in [3.8, 4) is 0 Å². The van der Waals surface area contributed by atoms with Gasteiger partial charge in [-0.1, -0.05) is 12.2 Å². The molecule has 1 aromatic heterocycles. The third-order valence-corrected chi connectivity index (χ3v) is 3.62. The molecule has 1 aliphatic heterocycles. The smallest absolute Gasteiger partial charge is 0.109 e. The van der Waals surface area contributed by atoms with Gasteiger partial charge in [-0.15, -0.1) is 0 Å². The second-order valence-corrected chi connectivity index (χ2v) is 5.41. The molecular weight excluding hydrogens is 200 g/mol. The number of hydrogen-bond donors (Lipinski definition) is 1. The van der Waals surface area contributed by atoms with Crippen LogP contribution in [0.25, 0.3) is 0 Å². The van der Waals surface area contributed by atoms with Crippen LogP contribution in [0.1, 0.15) is 26.6 Å². The van der Waals surface area contributed by atoms with E-state index < -0.39 is 5.60 Å². The predicted octanol–water partition coefficient (Wildman–Crippen LogP) is 2.02. The molecule has 0 aliphatic carbocycles. The normalized spacial score (nSPS) is 25.2. The van der Waals surface area contributed by atoms with Gasteiger partial charge in [0.15, 0.2) is 0 Å². The number of nitrogens with zero attached hydrogens (tertiary/aromatic N) is 2. The van der Waals surface area contributed by atoms with Gasteiger partial charge in [-0.3, -0.25) is 0 Å². The highest BCUT2D eigenvalue weighted by Gasteiger charge is 2.38. The molecule has 1 aliphatic rings. The number of hydrogen-bond acceptors (Lipinski definition) is 2. The van der Waals surface area contributed by atoms with Crippen LogP contribution in [0.2, 0.25) is 0 Å². The molecule has 2 rings (SSSR count). The van der Waals surface area contributed by atoms with E-state index in [1.165, 1.54) is 0 Å². The Kier molecular flexibility index (Phi) is 2.66. The molecule has 1 aromatic rings. The summed E-state index contributed by atoms with van der Waals surface area (Å²) < 4.78 is 2.14. The lowest BCUT2D eigenvalue weighted by atomic mass is 9.73. The molecule has 1 N–H and O–H groups in total. The van der Waals surface area contributed by atoms with Crippen LogP contribution in [0.5, 0.6) is 0 Å². The lowest BCUT2D eigenvalue weighted by Gasteiger charge is -2.40. The number of aliphatic hydroxyl groups is 1.